The zero-order chi connectivity index (χ0) is 13.7. The highest BCUT2D eigenvalue weighted by Gasteiger charge is 2.49. The van der Waals surface area contributed by atoms with Crippen LogP contribution in [-0.2, 0) is 6.42 Å². The summed E-state index contributed by atoms with van der Waals surface area (Å²) in [5, 5.41) is 4.84. The van der Waals surface area contributed by atoms with Gasteiger partial charge < -0.3 is 5.73 Å². The topological polar surface area (TPSA) is 56.7 Å². The van der Waals surface area contributed by atoms with Crippen molar-refractivity contribution in [3.63, 3.8) is 0 Å². The third-order valence-corrected chi connectivity index (χ3v) is 5.91. The number of hydrogen-bond acceptors (Lipinski definition) is 3. The maximum Gasteiger partial charge on any atom is 0.151 e. The van der Waals surface area contributed by atoms with Gasteiger partial charge in [-0.15, -0.1) is 0 Å². The van der Waals surface area contributed by atoms with E-state index >= 15 is 0 Å². The van der Waals surface area contributed by atoms with E-state index in [9.17, 15) is 0 Å². The summed E-state index contributed by atoms with van der Waals surface area (Å²) in [4.78, 5) is 4.68. The Morgan fingerprint density at radius 2 is 1.75 bits per heavy atom. The summed E-state index contributed by atoms with van der Waals surface area (Å²) >= 11 is 0. The van der Waals surface area contributed by atoms with Crippen LogP contribution in [0.4, 0.5) is 0 Å². The fourth-order valence-electron chi connectivity index (χ4n) is 5.40. The Morgan fingerprint density at radius 3 is 2.35 bits per heavy atom. The van der Waals surface area contributed by atoms with Gasteiger partial charge in [0.15, 0.2) is 5.82 Å². The Labute approximate surface area is 121 Å². The van der Waals surface area contributed by atoms with Crippen LogP contribution in [0.5, 0.6) is 0 Å². The smallest absolute Gasteiger partial charge is 0.151 e. The van der Waals surface area contributed by atoms with Gasteiger partial charge in [-0.3, -0.25) is 0 Å². The van der Waals surface area contributed by atoms with E-state index in [0.717, 1.165) is 54.7 Å². The Bertz CT molecular complexity index is 465. The molecule has 0 radical (unpaired) electrons. The first-order valence-electron chi connectivity index (χ1n) is 8.36. The Kier molecular flexibility index (Phi) is 3.09. The summed E-state index contributed by atoms with van der Waals surface area (Å²) in [6.07, 6.45) is 9.19. The number of hydrogen-bond donors (Lipinski definition) is 1. The first-order valence-corrected chi connectivity index (χ1v) is 8.36. The van der Waals surface area contributed by atoms with E-state index in [4.69, 9.17) is 10.8 Å². The number of nitrogens with zero attached hydrogens (tertiary/aromatic N) is 3. The van der Waals surface area contributed by atoms with Gasteiger partial charge in [-0.1, -0.05) is 0 Å². The van der Waals surface area contributed by atoms with Gasteiger partial charge in [-0.2, -0.15) is 5.10 Å². The molecule has 0 unspecified atom stereocenters. The fraction of sp³-hybridized carbons (Fsp3) is 0.875. The molecule has 2 N–H and O–H groups in total. The average molecular weight is 274 g/mol. The van der Waals surface area contributed by atoms with E-state index in [1.54, 1.807) is 0 Å². The summed E-state index contributed by atoms with van der Waals surface area (Å²) in [7, 11) is 0. The lowest BCUT2D eigenvalue weighted by Gasteiger charge is -2.54. The standard InChI is InChI=1S/C16H26N4/c1-10-18-15(3-2-4-17)19-20(10)16-13-6-11-5-12(8-13)9-14(16)7-11/h11-14,16H,2-9,17H2,1H3. The second-order valence-corrected chi connectivity index (χ2v) is 7.33. The van der Waals surface area contributed by atoms with Crippen molar-refractivity contribution in [1.29, 1.82) is 0 Å². The lowest BCUT2D eigenvalue weighted by Crippen LogP contribution is -2.46. The van der Waals surface area contributed by atoms with Crippen LogP contribution in [-0.4, -0.2) is 21.3 Å². The molecule has 1 heterocycles. The summed E-state index contributed by atoms with van der Waals surface area (Å²) in [5.41, 5.74) is 5.60. The summed E-state index contributed by atoms with van der Waals surface area (Å²) in [6.45, 7) is 2.86. The highest BCUT2D eigenvalue weighted by Crippen LogP contribution is 2.58. The van der Waals surface area contributed by atoms with Gasteiger partial charge in [0, 0.05) is 6.42 Å². The maximum atomic E-state index is 5.60. The van der Waals surface area contributed by atoms with Gasteiger partial charge in [0.1, 0.15) is 5.82 Å². The molecule has 4 aliphatic carbocycles. The van der Waals surface area contributed by atoms with Crippen molar-refractivity contribution < 1.29 is 0 Å². The minimum atomic E-state index is 0.641. The van der Waals surface area contributed by atoms with E-state index in [1.165, 1.54) is 32.1 Å². The number of nitrogens with two attached hydrogens (primary N) is 1. The SMILES string of the molecule is Cc1nc(CCCN)nn1C1C2CC3CC(C2)CC1C3. The van der Waals surface area contributed by atoms with Crippen LogP contribution < -0.4 is 5.73 Å². The molecule has 4 fully saturated rings. The summed E-state index contributed by atoms with van der Waals surface area (Å²) in [5.74, 6) is 5.91. The first kappa shape index (κ1) is 12.8. The molecule has 0 aromatic carbocycles. The molecule has 0 spiro atoms. The zero-order valence-electron chi connectivity index (χ0n) is 12.5. The second-order valence-electron chi connectivity index (χ2n) is 7.33. The van der Waals surface area contributed by atoms with E-state index in [0.29, 0.717) is 6.04 Å². The van der Waals surface area contributed by atoms with Crippen LogP contribution in [0.15, 0.2) is 0 Å². The molecule has 1 aromatic rings. The Morgan fingerprint density at radius 1 is 1.10 bits per heavy atom. The van der Waals surface area contributed by atoms with Crippen LogP contribution >= 0.6 is 0 Å². The van der Waals surface area contributed by atoms with Gasteiger partial charge >= 0.3 is 0 Å². The molecule has 0 aliphatic heterocycles. The Hall–Kier alpha value is -0.900. The molecule has 1 aromatic heterocycles. The van der Waals surface area contributed by atoms with Gasteiger partial charge in [-0.05, 0) is 75.7 Å². The van der Waals surface area contributed by atoms with Crippen molar-refractivity contribution in [1.82, 2.24) is 14.8 Å². The molecule has 4 heteroatoms. The second kappa shape index (κ2) is 4.83. The van der Waals surface area contributed by atoms with Gasteiger partial charge in [-0.25, -0.2) is 9.67 Å². The molecule has 110 valence electrons. The molecule has 4 nitrogen and oxygen atoms in total. The summed E-state index contributed by atoms with van der Waals surface area (Å²) in [6, 6.07) is 0.641. The third kappa shape index (κ3) is 2.00. The molecule has 0 saturated heterocycles. The highest BCUT2D eigenvalue weighted by molar-refractivity contribution is 5.03. The predicted molar refractivity (Wildman–Crippen MR) is 78.2 cm³/mol. The minimum absolute atomic E-state index is 0.641. The molecular formula is C16H26N4. The van der Waals surface area contributed by atoms with Crippen LogP contribution in [0.1, 0.15) is 56.2 Å². The van der Waals surface area contributed by atoms with Crippen LogP contribution in [0.25, 0.3) is 0 Å². The predicted octanol–water partition coefficient (Wildman–Crippen LogP) is 2.48. The largest absolute Gasteiger partial charge is 0.330 e. The zero-order valence-corrected chi connectivity index (χ0v) is 12.5. The van der Waals surface area contributed by atoms with Crippen molar-refractivity contribution in [3.05, 3.63) is 11.6 Å². The van der Waals surface area contributed by atoms with E-state index in [1.807, 2.05) is 0 Å². The van der Waals surface area contributed by atoms with Crippen molar-refractivity contribution in [2.75, 3.05) is 6.54 Å². The summed E-state index contributed by atoms with van der Waals surface area (Å²) < 4.78 is 2.29. The molecule has 5 rings (SSSR count). The normalized spacial score (nSPS) is 38.6. The van der Waals surface area contributed by atoms with Crippen LogP contribution in [0.3, 0.4) is 0 Å². The maximum absolute atomic E-state index is 5.60. The van der Waals surface area contributed by atoms with E-state index < -0.39 is 0 Å². The monoisotopic (exact) mass is 274 g/mol. The van der Waals surface area contributed by atoms with Crippen molar-refractivity contribution in [2.24, 2.45) is 29.4 Å². The fourth-order valence-corrected chi connectivity index (χ4v) is 5.40. The molecule has 4 saturated carbocycles. The Balaban J connectivity index is 1.59. The van der Waals surface area contributed by atoms with E-state index in [-0.39, 0.29) is 0 Å². The third-order valence-electron chi connectivity index (χ3n) is 5.91. The van der Waals surface area contributed by atoms with E-state index in [2.05, 4.69) is 16.6 Å². The van der Waals surface area contributed by atoms with Gasteiger partial charge in [0.25, 0.3) is 0 Å². The van der Waals surface area contributed by atoms with Crippen molar-refractivity contribution >= 4 is 0 Å². The van der Waals surface area contributed by atoms with Crippen molar-refractivity contribution in [3.8, 4) is 0 Å². The molecule has 20 heavy (non-hydrogen) atoms. The number of aromatic nitrogens is 3. The molecule has 4 aliphatic rings. The molecule has 4 bridgehead atoms. The first-order chi connectivity index (χ1) is 9.74. The lowest BCUT2D eigenvalue weighted by molar-refractivity contribution is -0.0346. The van der Waals surface area contributed by atoms with Crippen LogP contribution in [0.2, 0.25) is 0 Å². The number of rotatable bonds is 4. The van der Waals surface area contributed by atoms with Gasteiger partial charge in [0.2, 0.25) is 0 Å². The van der Waals surface area contributed by atoms with Crippen LogP contribution in [0, 0.1) is 30.6 Å². The minimum Gasteiger partial charge on any atom is -0.330 e. The highest BCUT2D eigenvalue weighted by atomic mass is 15.4. The number of aryl methyl sites for hydroxylation is 2. The molecule has 0 atom stereocenters. The van der Waals surface area contributed by atoms with Crippen molar-refractivity contribution in [2.45, 2.75) is 57.9 Å². The van der Waals surface area contributed by atoms with Gasteiger partial charge in [0.05, 0.1) is 6.04 Å². The molecular weight excluding hydrogens is 248 g/mol. The quantitative estimate of drug-likeness (QED) is 0.917. The average Bonchev–Trinajstić information content (AvgIpc) is 2.76. The molecule has 0 amide bonds. The lowest BCUT2D eigenvalue weighted by atomic mass is 9.54.